The third-order valence-corrected chi connectivity index (χ3v) is 6.08. The molecular formula is C25H30N6O2. The maximum Gasteiger partial charge on any atom is 0.252 e. The second kappa shape index (κ2) is 10.5. The van der Waals surface area contributed by atoms with Crippen LogP contribution in [0.2, 0.25) is 0 Å². The summed E-state index contributed by atoms with van der Waals surface area (Å²) in [6.07, 6.45) is 1.44. The van der Waals surface area contributed by atoms with E-state index in [-0.39, 0.29) is 12.2 Å². The molecule has 4 aromatic rings. The number of fused-ring (bicyclic) bond motifs is 1. The number of tetrazole rings is 1. The van der Waals surface area contributed by atoms with E-state index < -0.39 is 0 Å². The summed E-state index contributed by atoms with van der Waals surface area (Å²) in [6, 6.07) is 16.3. The van der Waals surface area contributed by atoms with E-state index in [1.54, 1.807) is 0 Å². The van der Waals surface area contributed by atoms with E-state index in [4.69, 9.17) is 0 Å². The van der Waals surface area contributed by atoms with Gasteiger partial charge in [-0.2, -0.15) is 0 Å². The zero-order chi connectivity index (χ0) is 23.2. The second-order valence-corrected chi connectivity index (χ2v) is 8.44. The molecule has 8 heteroatoms. The summed E-state index contributed by atoms with van der Waals surface area (Å²) in [5.41, 5.74) is 4.95. The molecule has 0 spiro atoms. The number of pyridine rings is 1. The molecule has 0 unspecified atom stereocenters. The number of hydrogen-bond acceptors (Lipinski definition) is 6. The Morgan fingerprint density at radius 2 is 1.91 bits per heavy atom. The van der Waals surface area contributed by atoms with Crippen LogP contribution in [0.1, 0.15) is 34.5 Å². The van der Waals surface area contributed by atoms with Crippen LogP contribution in [0.3, 0.4) is 0 Å². The van der Waals surface area contributed by atoms with Gasteiger partial charge in [-0.15, -0.1) is 5.10 Å². The third kappa shape index (κ3) is 5.53. The second-order valence-electron chi connectivity index (χ2n) is 8.44. The summed E-state index contributed by atoms with van der Waals surface area (Å²) in [7, 11) is 0. The molecule has 4 rings (SSSR count). The van der Waals surface area contributed by atoms with Crippen molar-refractivity contribution in [3.05, 3.63) is 87.0 Å². The number of nitrogens with one attached hydrogen (secondary N) is 1. The molecule has 0 atom stereocenters. The van der Waals surface area contributed by atoms with Gasteiger partial charge < -0.3 is 10.1 Å². The first kappa shape index (κ1) is 22.8. The van der Waals surface area contributed by atoms with Gasteiger partial charge >= 0.3 is 0 Å². The van der Waals surface area contributed by atoms with Crippen LogP contribution in [-0.4, -0.2) is 48.3 Å². The first-order chi connectivity index (χ1) is 16.0. The molecule has 8 nitrogen and oxygen atoms in total. The van der Waals surface area contributed by atoms with Crippen molar-refractivity contribution in [2.24, 2.45) is 0 Å². The fourth-order valence-corrected chi connectivity index (χ4v) is 4.03. The van der Waals surface area contributed by atoms with Crippen LogP contribution in [0.5, 0.6) is 0 Å². The molecule has 0 aliphatic heterocycles. The monoisotopic (exact) mass is 446 g/mol. The Morgan fingerprint density at radius 3 is 2.70 bits per heavy atom. The molecule has 0 saturated carbocycles. The highest BCUT2D eigenvalue weighted by atomic mass is 16.3. The normalized spacial score (nSPS) is 11.5. The summed E-state index contributed by atoms with van der Waals surface area (Å²) in [6.45, 7) is 6.40. The predicted molar refractivity (Wildman–Crippen MR) is 128 cm³/mol. The maximum atomic E-state index is 12.9. The smallest absolute Gasteiger partial charge is 0.252 e. The van der Waals surface area contributed by atoms with Crippen molar-refractivity contribution in [3.8, 4) is 0 Å². The molecule has 0 amide bonds. The van der Waals surface area contributed by atoms with Crippen LogP contribution in [0.25, 0.3) is 10.9 Å². The van der Waals surface area contributed by atoms with E-state index in [0.29, 0.717) is 38.2 Å². The number of hydrogen-bond donors (Lipinski definition) is 2. The van der Waals surface area contributed by atoms with Crippen LogP contribution in [0.4, 0.5) is 0 Å². The molecule has 0 aliphatic carbocycles. The summed E-state index contributed by atoms with van der Waals surface area (Å²) in [5.74, 6) is 0.743. The van der Waals surface area contributed by atoms with Crippen LogP contribution < -0.4 is 5.56 Å². The number of nitrogens with zero attached hydrogens (tertiary/aromatic N) is 5. The number of rotatable bonds is 10. The van der Waals surface area contributed by atoms with Crippen LogP contribution in [0.15, 0.2) is 53.3 Å². The molecule has 0 saturated heterocycles. The SMILES string of the molecule is Cc1ccc2cc(CN(CCCO)Cc3nnnn3CCc3ccccc3)c(=O)[nH]c2c1C. The van der Waals surface area contributed by atoms with E-state index in [0.717, 1.165) is 34.3 Å². The summed E-state index contributed by atoms with van der Waals surface area (Å²) in [5, 5.41) is 22.7. The van der Waals surface area contributed by atoms with E-state index >= 15 is 0 Å². The minimum absolute atomic E-state index is 0.0853. The van der Waals surface area contributed by atoms with Gasteiger partial charge in [-0.3, -0.25) is 9.69 Å². The van der Waals surface area contributed by atoms with Crippen molar-refractivity contribution in [1.82, 2.24) is 30.1 Å². The van der Waals surface area contributed by atoms with Gasteiger partial charge in [0.05, 0.1) is 12.1 Å². The Labute approximate surface area is 192 Å². The zero-order valence-electron chi connectivity index (χ0n) is 19.2. The van der Waals surface area contributed by atoms with Crippen molar-refractivity contribution < 1.29 is 5.11 Å². The molecule has 2 aromatic carbocycles. The Bertz CT molecular complexity index is 1270. The van der Waals surface area contributed by atoms with Crippen LogP contribution in [-0.2, 0) is 26.1 Å². The van der Waals surface area contributed by atoms with Gasteiger partial charge in [-0.1, -0.05) is 42.5 Å². The minimum atomic E-state index is -0.0890. The van der Waals surface area contributed by atoms with Gasteiger partial charge in [0.2, 0.25) is 0 Å². The highest BCUT2D eigenvalue weighted by molar-refractivity contribution is 5.83. The van der Waals surface area contributed by atoms with Crippen LogP contribution in [0, 0.1) is 13.8 Å². The van der Waals surface area contributed by atoms with Gasteiger partial charge in [0.15, 0.2) is 5.82 Å². The number of aryl methyl sites for hydroxylation is 4. The molecule has 0 bridgehead atoms. The molecule has 172 valence electrons. The van der Waals surface area contributed by atoms with E-state index in [9.17, 15) is 9.90 Å². The highest BCUT2D eigenvalue weighted by Gasteiger charge is 2.15. The number of aromatic amines is 1. The van der Waals surface area contributed by atoms with Gasteiger partial charge in [0.25, 0.3) is 5.56 Å². The van der Waals surface area contributed by atoms with Crippen molar-refractivity contribution in [1.29, 1.82) is 0 Å². The van der Waals surface area contributed by atoms with Gasteiger partial charge in [-0.25, -0.2) is 4.68 Å². The number of H-pyrrole nitrogens is 1. The lowest BCUT2D eigenvalue weighted by atomic mass is 10.0. The molecule has 0 aliphatic rings. The van der Waals surface area contributed by atoms with Gasteiger partial charge in [0, 0.05) is 31.8 Å². The number of aromatic nitrogens is 5. The van der Waals surface area contributed by atoms with Crippen LogP contribution >= 0.6 is 0 Å². The fraction of sp³-hybridized carbons (Fsp3) is 0.360. The molecule has 0 radical (unpaired) electrons. The molecule has 0 fully saturated rings. The quantitative estimate of drug-likeness (QED) is 0.389. The average molecular weight is 447 g/mol. The number of benzene rings is 2. The standard InChI is InChI=1S/C25H30N6O2/c1-18-9-10-21-15-22(25(33)26-24(21)19(18)2)16-30(12-6-14-32)17-23-27-28-29-31(23)13-11-20-7-4-3-5-8-20/h3-5,7-10,15,32H,6,11-14,16-17H2,1-2H3,(H,26,33). The fourth-order valence-electron chi connectivity index (χ4n) is 4.03. The third-order valence-electron chi connectivity index (χ3n) is 6.08. The summed E-state index contributed by atoms with van der Waals surface area (Å²) in [4.78, 5) is 18.0. The van der Waals surface area contributed by atoms with E-state index in [1.807, 2.05) is 48.9 Å². The van der Waals surface area contributed by atoms with Crippen molar-refractivity contribution in [2.45, 2.75) is 46.3 Å². The first-order valence-corrected chi connectivity index (χ1v) is 11.3. The Morgan fingerprint density at radius 1 is 1.09 bits per heavy atom. The lowest BCUT2D eigenvalue weighted by Crippen LogP contribution is -2.29. The Kier molecular flexibility index (Phi) is 7.26. The zero-order valence-corrected chi connectivity index (χ0v) is 19.2. The lowest BCUT2D eigenvalue weighted by Gasteiger charge is -2.21. The average Bonchev–Trinajstić information content (AvgIpc) is 3.27. The highest BCUT2D eigenvalue weighted by Crippen LogP contribution is 2.19. The topological polar surface area (TPSA) is 99.9 Å². The predicted octanol–water partition coefficient (Wildman–Crippen LogP) is 2.76. The Balaban J connectivity index is 1.53. The van der Waals surface area contributed by atoms with Crippen molar-refractivity contribution >= 4 is 10.9 Å². The molecular weight excluding hydrogens is 416 g/mol. The van der Waals surface area contributed by atoms with Crippen molar-refractivity contribution in [3.63, 3.8) is 0 Å². The van der Waals surface area contributed by atoms with E-state index in [2.05, 4.69) is 43.6 Å². The molecule has 33 heavy (non-hydrogen) atoms. The molecule has 2 N–H and O–H groups in total. The molecule has 2 aromatic heterocycles. The van der Waals surface area contributed by atoms with Gasteiger partial charge in [-0.05, 0) is 65.3 Å². The first-order valence-electron chi connectivity index (χ1n) is 11.3. The maximum absolute atomic E-state index is 12.9. The summed E-state index contributed by atoms with van der Waals surface area (Å²) >= 11 is 0. The molecule has 2 heterocycles. The largest absolute Gasteiger partial charge is 0.396 e. The Hall–Kier alpha value is -3.36. The number of aliphatic hydroxyl groups excluding tert-OH is 1. The van der Waals surface area contributed by atoms with E-state index in [1.165, 1.54) is 5.56 Å². The number of aliphatic hydroxyl groups is 1. The lowest BCUT2D eigenvalue weighted by molar-refractivity contribution is 0.206. The van der Waals surface area contributed by atoms with Gasteiger partial charge in [0.1, 0.15) is 0 Å². The minimum Gasteiger partial charge on any atom is -0.396 e. The van der Waals surface area contributed by atoms with Crippen molar-refractivity contribution in [2.75, 3.05) is 13.2 Å². The summed E-state index contributed by atoms with van der Waals surface area (Å²) < 4.78 is 1.82.